The second kappa shape index (κ2) is 10.5. The van der Waals surface area contributed by atoms with Crippen LogP contribution in [0.1, 0.15) is 32.3 Å². The summed E-state index contributed by atoms with van der Waals surface area (Å²) in [6.45, 7) is 0.282. The number of carbonyl (C=O) groups is 2. The van der Waals surface area contributed by atoms with Crippen molar-refractivity contribution < 1.29 is 19.4 Å². The molecule has 0 aliphatic heterocycles. The minimum Gasteiger partial charge on any atom is -0.478 e. The van der Waals surface area contributed by atoms with Crippen LogP contribution in [-0.2, 0) is 4.74 Å². The number of aromatic nitrogens is 2. The monoisotopic (exact) mass is 491 g/mol. The van der Waals surface area contributed by atoms with Gasteiger partial charge in [0, 0.05) is 18.2 Å². The molecule has 0 unspecified atom stereocenters. The van der Waals surface area contributed by atoms with E-state index in [4.69, 9.17) is 4.74 Å². The second-order valence-corrected chi connectivity index (χ2v) is 8.61. The summed E-state index contributed by atoms with van der Waals surface area (Å²) in [7, 11) is 1.57. The molecule has 1 amide bonds. The molecular formula is C30H25N3O4. The zero-order chi connectivity index (χ0) is 25.8. The van der Waals surface area contributed by atoms with Gasteiger partial charge in [-0.2, -0.15) is 0 Å². The fourth-order valence-corrected chi connectivity index (χ4v) is 4.42. The third-order valence-corrected chi connectivity index (χ3v) is 6.21. The summed E-state index contributed by atoms with van der Waals surface area (Å²) in [6.07, 6.45) is 0. The molecule has 0 saturated carbocycles. The van der Waals surface area contributed by atoms with Crippen LogP contribution in [-0.4, -0.2) is 40.7 Å². The smallest absolute Gasteiger partial charge is 0.336 e. The van der Waals surface area contributed by atoms with Crippen LogP contribution in [0.15, 0.2) is 97.1 Å². The number of benzene rings is 4. The van der Waals surface area contributed by atoms with Crippen molar-refractivity contribution in [2.24, 2.45) is 0 Å². The Kier molecular flexibility index (Phi) is 6.78. The molecule has 5 aromatic rings. The number of amides is 1. The average molecular weight is 492 g/mol. The van der Waals surface area contributed by atoms with Crippen LogP contribution in [0.3, 0.4) is 0 Å². The molecule has 184 valence electrons. The quantitative estimate of drug-likeness (QED) is 0.258. The van der Waals surface area contributed by atoms with Gasteiger partial charge >= 0.3 is 5.97 Å². The molecule has 0 aliphatic rings. The largest absolute Gasteiger partial charge is 0.478 e. The van der Waals surface area contributed by atoms with Crippen molar-refractivity contribution in [2.45, 2.75) is 6.04 Å². The fourth-order valence-electron chi connectivity index (χ4n) is 4.42. The van der Waals surface area contributed by atoms with Gasteiger partial charge in [0.2, 0.25) is 0 Å². The zero-order valence-corrected chi connectivity index (χ0v) is 20.1. The maximum Gasteiger partial charge on any atom is 0.336 e. The molecule has 0 spiro atoms. The van der Waals surface area contributed by atoms with E-state index in [-0.39, 0.29) is 29.7 Å². The first kappa shape index (κ1) is 24.0. The summed E-state index contributed by atoms with van der Waals surface area (Å²) >= 11 is 0. The SMILES string of the molecule is COC[C@@H](NC(=O)c1ccc(-c2ccccc2-c2nc3ccccc3[nH]2)c(C(=O)O)c1)c1ccccc1. The lowest BCUT2D eigenvalue weighted by Crippen LogP contribution is -2.31. The molecule has 1 heterocycles. The Morgan fingerprint density at radius 3 is 2.32 bits per heavy atom. The third-order valence-electron chi connectivity index (χ3n) is 6.21. The first-order valence-corrected chi connectivity index (χ1v) is 11.8. The van der Waals surface area contributed by atoms with E-state index in [0.29, 0.717) is 17.0 Å². The van der Waals surface area contributed by atoms with Crippen LogP contribution in [0.25, 0.3) is 33.5 Å². The van der Waals surface area contributed by atoms with Gasteiger partial charge in [-0.1, -0.05) is 72.8 Å². The van der Waals surface area contributed by atoms with E-state index in [1.54, 1.807) is 19.2 Å². The summed E-state index contributed by atoms with van der Waals surface area (Å²) in [5, 5.41) is 13.0. The number of ether oxygens (including phenoxy) is 1. The Hall–Kier alpha value is -4.75. The highest BCUT2D eigenvalue weighted by Crippen LogP contribution is 2.34. The minimum absolute atomic E-state index is 0.0270. The lowest BCUT2D eigenvalue weighted by atomic mass is 9.93. The number of carboxylic acids is 1. The van der Waals surface area contributed by atoms with Crippen molar-refractivity contribution in [3.05, 3.63) is 114 Å². The predicted octanol–water partition coefficient (Wildman–Crippen LogP) is 5.71. The van der Waals surface area contributed by atoms with Gasteiger partial charge in [0.25, 0.3) is 5.91 Å². The summed E-state index contributed by atoms with van der Waals surface area (Å²) in [5.41, 5.74) is 4.85. The van der Waals surface area contributed by atoms with E-state index in [1.807, 2.05) is 78.9 Å². The Bertz CT molecular complexity index is 1540. The maximum absolute atomic E-state index is 13.1. The molecule has 0 aliphatic carbocycles. The van der Waals surface area contributed by atoms with Gasteiger partial charge in [-0.05, 0) is 41.0 Å². The summed E-state index contributed by atoms with van der Waals surface area (Å²) in [4.78, 5) is 33.5. The van der Waals surface area contributed by atoms with Crippen LogP contribution < -0.4 is 5.32 Å². The molecule has 0 fully saturated rings. The normalized spacial score (nSPS) is 11.8. The van der Waals surface area contributed by atoms with E-state index in [1.165, 1.54) is 6.07 Å². The number of nitrogens with zero attached hydrogens (tertiary/aromatic N) is 1. The zero-order valence-electron chi connectivity index (χ0n) is 20.1. The standard InChI is InChI=1S/C30H25N3O4/c1-37-18-27(19-9-3-2-4-10-19)33-29(34)20-15-16-22(24(17-20)30(35)36)21-11-5-6-12-23(21)28-31-25-13-7-8-14-26(25)32-28/h2-17,27H,18H2,1H3,(H,31,32)(H,33,34)(H,35,36)/t27-/m1/s1. The highest BCUT2D eigenvalue weighted by atomic mass is 16.5. The van der Waals surface area contributed by atoms with Gasteiger partial charge in [-0.15, -0.1) is 0 Å². The van der Waals surface area contributed by atoms with E-state index in [9.17, 15) is 14.7 Å². The van der Waals surface area contributed by atoms with Gasteiger partial charge in [0.15, 0.2) is 0 Å². The molecule has 0 bridgehead atoms. The minimum atomic E-state index is -1.12. The van der Waals surface area contributed by atoms with E-state index >= 15 is 0 Å². The number of rotatable bonds is 8. The summed E-state index contributed by atoms with van der Waals surface area (Å²) in [5.74, 6) is -0.869. The molecule has 1 atom stereocenters. The third kappa shape index (κ3) is 4.98. The number of hydrogen-bond donors (Lipinski definition) is 3. The van der Waals surface area contributed by atoms with Gasteiger partial charge < -0.3 is 20.1 Å². The number of nitrogens with one attached hydrogen (secondary N) is 2. The molecule has 7 nitrogen and oxygen atoms in total. The highest BCUT2D eigenvalue weighted by Gasteiger charge is 2.21. The van der Waals surface area contributed by atoms with Crippen LogP contribution >= 0.6 is 0 Å². The number of carbonyl (C=O) groups excluding carboxylic acids is 1. The number of fused-ring (bicyclic) bond motifs is 1. The summed E-state index contributed by atoms with van der Waals surface area (Å²) < 4.78 is 5.29. The molecule has 1 aromatic heterocycles. The first-order valence-electron chi connectivity index (χ1n) is 11.8. The Morgan fingerprint density at radius 1 is 0.892 bits per heavy atom. The number of aromatic amines is 1. The highest BCUT2D eigenvalue weighted by molar-refractivity contribution is 6.03. The molecule has 7 heteroatoms. The Balaban J connectivity index is 1.51. The van der Waals surface area contributed by atoms with Crippen molar-refractivity contribution in [3.8, 4) is 22.5 Å². The Morgan fingerprint density at radius 2 is 1.59 bits per heavy atom. The number of hydrogen-bond acceptors (Lipinski definition) is 4. The number of H-pyrrole nitrogens is 1. The van der Waals surface area contributed by atoms with E-state index in [0.717, 1.165) is 22.2 Å². The maximum atomic E-state index is 13.1. The lowest BCUT2D eigenvalue weighted by Gasteiger charge is -2.19. The predicted molar refractivity (Wildman–Crippen MR) is 142 cm³/mol. The topological polar surface area (TPSA) is 104 Å². The average Bonchev–Trinajstić information content (AvgIpc) is 3.37. The first-order chi connectivity index (χ1) is 18.0. The molecule has 37 heavy (non-hydrogen) atoms. The Labute approximate surface area is 213 Å². The lowest BCUT2D eigenvalue weighted by molar-refractivity contribution is 0.0697. The molecule has 4 aromatic carbocycles. The van der Waals surface area contributed by atoms with Crippen molar-refractivity contribution in [3.63, 3.8) is 0 Å². The van der Waals surface area contributed by atoms with Crippen LogP contribution in [0.5, 0.6) is 0 Å². The molecule has 0 saturated heterocycles. The van der Waals surface area contributed by atoms with Crippen LogP contribution in [0, 0.1) is 0 Å². The van der Waals surface area contributed by atoms with E-state index < -0.39 is 5.97 Å². The van der Waals surface area contributed by atoms with Gasteiger partial charge in [0.1, 0.15) is 5.82 Å². The summed E-state index contributed by atoms with van der Waals surface area (Å²) in [6, 6.07) is 29.0. The van der Waals surface area contributed by atoms with Gasteiger partial charge in [0.05, 0.1) is 29.2 Å². The van der Waals surface area contributed by atoms with Crippen molar-refractivity contribution in [1.29, 1.82) is 0 Å². The molecule has 3 N–H and O–H groups in total. The number of aromatic carboxylic acids is 1. The molecule has 0 radical (unpaired) electrons. The van der Waals surface area contributed by atoms with E-state index in [2.05, 4.69) is 15.3 Å². The van der Waals surface area contributed by atoms with Crippen LogP contribution in [0.4, 0.5) is 0 Å². The van der Waals surface area contributed by atoms with Crippen molar-refractivity contribution >= 4 is 22.9 Å². The van der Waals surface area contributed by atoms with Crippen LogP contribution in [0.2, 0.25) is 0 Å². The fraction of sp³-hybridized carbons (Fsp3) is 0.100. The van der Waals surface area contributed by atoms with Crippen molar-refractivity contribution in [2.75, 3.05) is 13.7 Å². The van der Waals surface area contributed by atoms with Crippen molar-refractivity contribution in [1.82, 2.24) is 15.3 Å². The molecular weight excluding hydrogens is 466 g/mol. The van der Waals surface area contributed by atoms with Gasteiger partial charge in [-0.25, -0.2) is 9.78 Å². The molecule has 5 rings (SSSR count). The number of methoxy groups -OCH3 is 1. The van der Waals surface area contributed by atoms with Gasteiger partial charge in [-0.3, -0.25) is 4.79 Å². The number of carboxylic acid groups (broad SMARTS) is 1. The number of para-hydroxylation sites is 2. The number of imidazole rings is 1. The second-order valence-electron chi connectivity index (χ2n) is 8.61.